The minimum absolute atomic E-state index is 0.960. The van der Waals surface area contributed by atoms with Gasteiger partial charge in [0.1, 0.15) is 5.82 Å². The molecular weight excluding hydrogens is 400 g/mol. The van der Waals surface area contributed by atoms with Gasteiger partial charge in [0.2, 0.25) is 0 Å². The second kappa shape index (κ2) is 11.0. The molecule has 3 aromatic carbocycles. The van der Waals surface area contributed by atoms with E-state index in [9.17, 15) is 0 Å². The van der Waals surface area contributed by atoms with Gasteiger partial charge in [-0.05, 0) is 42.2 Å². The number of nitrogens with zero attached hydrogens (tertiary/aromatic N) is 1. The van der Waals surface area contributed by atoms with Crippen molar-refractivity contribution in [2.24, 2.45) is 0 Å². The Hall–Kier alpha value is -4.00. The molecule has 0 amide bonds. The maximum Gasteiger partial charge on any atom is 0.114 e. The molecule has 0 aliphatic rings. The van der Waals surface area contributed by atoms with Crippen LogP contribution in [0.3, 0.4) is 0 Å². The first kappa shape index (κ1) is 23.7. The van der Waals surface area contributed by atoms with Crippen LogP contribution in [0.5, 0.6) is 0 Å². The topological polar surface area (TPSA) is 15.3 Å². The van der Waals surface area contributed by atoms with Crippen molar-refractivity contribution in [3.8, 4) is 0 Å². The molecule has 1 N–H and O–H groups in total. The molecular formula is C31H32N2. The van der Waals surface area contributed by atoms with Crippen molar-refractivity contribution in [1.82, 2.24) is 10.2 Å². The minimum Gasteiger partial charge on any atom is -0.364 e. The van der Waals surface area contributed by atoms with Gasteiger partial charge in [0.25, 0.3) is 0 Å². The summed E-state index contributed by atoms with van der Waals surface area (Å²) in [6, 6.07) is 29.2. The largest absolute Gasteiger partial charge is 0.364 e. The van der Waals surface area contributed by atoms with Gasteiger partial charge in [0.05, 0.1) is 0 Å². The molecule has 0 radical (unpaired) electrons. The van der Waals surface area contributed by atoms with Crippen LogP contribution in [0.2, 0.25) is 0 Å². The molecule has 0 fully saturated rings. The second-order valence-electron chi connectivity index (χ2n) is 8.21. The van der Waals surface area contributed by atoms with Crippen molar-refractivity contribution in [2.45, 2.75) is 13.8 Å². The van der Waals surface area contributed by atoms with Crippen LogP contribution in [0.25, 0.3) is 16.7 Å². The van der Waals surface area contributed by atoms with E-state index in [1.165, 1.54) is 5.56 Å². The number of allylic oxidation sites excluding steroid dienone is 5. The Bertz CT molecular complexity index is 1220. The number of aryl methyl sites for hydroxylation is 1. The Kier molecular flexibility index (Phi) is 7.91. The third-order valence-electron chi connectivity index (χ3n) is 5.46. The molecule has 166 valence electrons. The first-order valence-corrected chi connectivity index (χ1v) is 11.0. The Morgan fingerprint density at radius 1 is 0.848 bits per heavy atom. The highest BCUT2D eigenvalue weighted by atomic mass is 15.2. The maximum atomic E-state index is 4.49. The summed E-state index contributed by atoms with van der Waals surface area (Å²) < 4.78 is 0. The number of rotatable bonds is 8. The van der Waals surface area contributed by atoms with E-state index < -0.39 is 0 Å². The molecule has 3 rings (SSSR count). The van der Waals surface area contributed by atoms with Crippen LogP contribution >= 0.6 is 0 Å². The smallest absolute Gasteiger partial charge is 0.114 e. The number of benzene rings is 3. The molecule has 33 heavy (non-hydrogen) atoms. The Morgan fingerprint density at radius 3 is 1.97 bits per heavy atom. The lowest BCUT2D eigenvalue weighted by Crippen LogP contribution is -2.27. The Morgan fingerprint density at radius 2 is 1.42 bits per heavy atom. The first-order valence-electron chi connectivity index (χ1n) is 11.0. The van der Waals surface area contributed by atoms with Crippen molar-refractivity contribution < 1.29 is 0 Å². The fourth-order valence-corrected chi connectivity index (χ4v) is 3.81. The number of hydrogen-bond acceptors (Lipinski definition) is 2. The summed E-state index contributed by atoms with van der Waals surface area (Å²) >= 11 is 0. The van der Waals surface area contributed by atoms with Crippen LogP contribution in [0.1, 0.15) is 29.2 Å². The normalized spacial score (nSPS) is 12.1. The molecule has 2 nitrogen and oxygen atoms in total. The van der Waals surface area contributed by atoms with Gasteiger partial charge < -0.3 is 10.2 Å². The van der Waals surface area contributed by atoms with Crippen LogP contribution in [-0.2, 0) is 0 Å². The van der Waals surface area contributed by atoms with E-state index in [0.717, 1.165) is 44.9 Å². The molecule has 0 saturated carbocycles. The molecule has 0 atom stereocenters. The lowest BCUT2D eigenvalue weighted by atomic mass is 9.93. The van der Waals surface area contributed by atoms with Crippen molar-refractivity contribution in [2.75, 3.05) is 14.1 Å². The molecule has 0 bridgehead atoms. The monoisotopic (exact) mass is 432 g/mol. The zero-order valence-electron chi connectivity index (χ0n) is 20.0. The SMILES string of the molecule is C=C=C/C(=C(/C)N/C(=C(/C(=C)c1ccccc1)c1ccccc1)N(C)C)c1cccc(C)c1. The zero-order valence-corrected chi connectivity index (χ0v) is 20.0. The van der Waals surface area contributed by atoms with E-state index in [0.29, 0.717) is 0 Å². The van der Waals surface area contributed by atoms with E-state index in [1.54, 1.807) is 0 Å². The summed E-state index contributed by atoms with van der Waals surface area (Å²) in [5, 5.41) is 3.69. The highest BCUT2D eigenvalue weighted by Crippen LogP contribution is 2.33. The first-order chi connectivity index (χ1) is 15.9. The summed E-state index contributed by atoms with van der Waals surface area (Å²) in [5.74, 6) is 0.968. The molecule has 0 heterocycles. The second-order valence-corrected chi connectivity index (χ2v) is 8.21. The van der Waals surface area contributed by atoms with Gasteiger partial charge in [-0.25, -0.2) is 0 Å². The van der Waals surface area contributed by atoms with E-state index in [4.69, 9.17) is 0 Å². The molecule has 0 saturated heterocycles. The van der Waals surface area contributed by atoms with Gasteiger partial charge in [0.15, 0.2) is 0 Å². The summed E-state index contributed by atoms with van der Waals surface area (Å²) in [5.41, 5.74) is 11.6. The van der Waals surface area contributed by atoms with E-state index >= 15 is 0 Å². The molecule has 0 aliphatic heterocycles. The van der Waals surface area contributed by atoms with Crippen LogP contribution < -0.4 is 5.32 Å². The fraction of sp³-hybridized carbons (Fsp3) is 0.129. The minimum atomic E-state index is 0.960. The quantitative estimate of drug-likeness (QED) is 0.297. The predicted molar refractivity (Wildman–Crippen MR) is 143 cm³/mol. The molecule has 2 heteroatoms. The average Bonchev–Trinajstić information content (AvgIpc) is 2.83. The van der Waals surface area contributed by atoms with Crippen molar-refractivity contribution >= 4 is 16.7 Å². The summed E-state index contributed by atoms with van der Waals surface area (Å²) in [4.78, 5) is 2.10. The third kappa shape index (κ3) is 5.83. The summed E-state index contributed by atoms with van der Waals surface area (Å²) in [7, 11) is 4.10. The van der Waals surface area contributed by atoms with Crippen molar-refractivity contribution in [3.05, 3.63) is 144 Å². The standard InChI is InChI=1S/C31H32N2/c1-7-15-29(28-21-14-16-23(2)22-28)25(4)32-31(33(5)6)30(27-19-12-9-13-20-27)24(3)26-17-10-8-11-18-26/h8-22,32H,1,3H2,2,4-6H3/b29-25+,31-30+. The van der Waals surface area contributed by atoms with E-state index in [2.05, 4.69) is 104 Å². The van der Waals surface area contributed by atoms with E-state index in [-0.39, 0.29) is 0 Å². The molecule has 0 aromatic heterocycles. The van der Waals surface area contributed by atoms with Gasteiger partial charge in [-0.15, -0.1) is 5.73 Å². The zero-order chi connectivity index (χ0) is 23.8. The van der Waals surface area contributed by atoms with Gasteiger partial charge in [-0.2, -0.15) is 0 Å². The lowest BCUT2D eigenvalue weighted by molar-refractivity contribution is 0.481. The molecule has 3 aromatic rings. The Balaban J connectivity index is 2.22. The fourth-order valence-electron chi connectivity index (χ4n) is 3.81. The Labute approximate surface area is 198 Å². The van der Waals surface area contributed by atoms with Crippen LogP contribution in [0, 0.1) is 6.92 Å². The number of hydrogen-bond donors (Lipinski definition) is 1. The lowest BCUT2D eigenvalue weighted by Gasteiger charge is -2.26. The maximum absolute atomic E-state index is 4.49. The summed E-state index contributed by atoms with van der Waals surface area (Å²) in [6.07, 6.45) is 1.93. The summed E-state index contributed by atoms with van der Waals surface area (Å²) in [6.45, 7) is 12.5. The van der Waals surface area contributed by atoms with E-state index in [1.807, 2.05) is 44.4 Å². The molecule has 0 unspecified atom stereocenters. The third-order valence-corrected chi connectivity index (χ3v) is 5.46. The van der Waals surface area contributed by atoms with Crippen molar-refractivity contribution in [3.63, 3.8) is 0 Å². The predicted octanol–water partition coefficient (Wildman–Crippen LogP) is 7.30. The van der Waals surface area contributed by atoms with Crippen LogP contribution in [0.4, 0.5) is 0 Å². The number of nitrogens with one attached hydrogen (secondary N) is 1. The van der Waals surface area contributed by atoms with Gasteiger partial charge in [-0.3, -0.25) is 0 Å². The van der Waals surface area contributed by atoms with Crippen molar-refractivity contribution in [1.29, 1.82) is 0 Å². The highest BCUT2D eigenvalue weighted by molar-refractivity contribution is 6.05. The van der Waals surface area contributed by atoms with Gasteiger partial charge in [0, 0.05) is 30.9 Å². The van der Waals surface area contributed by atoms with Gasteiger partial charge in [-0.1, -0.05) is 104 Å². The van der Waals surface area contributed by atoms with Crippen LogP contribution in [-0.4, -0.2) is 19.0 Å². The average molecular weight is 433 g/mol. The van der Waals surface area contributed by atoms with Gasteiger partial charge >= 0.3 is 0 Å². The highest BCUT2D eigenvalue weighted by Gasteiger charge is 2.17. The van der Waals surface area contributed by atoms with Crippen LogP contribution in [0.15, 0.2) is 121 Å². The molecule has 0 aliphatic carbocycles. The molecule has 0 spiro atoms.